The first-order valence-corrected chi connectivity index (χ1v) is 9.64. The molecule has 1 aliphatic rings. The number of benzene rings is 2. The van der Waals surface area contributed by atoms with E-state index in [1.165, 1.54) is 11.6 Å². The van der Waals surface area contributed by atoms with E-state index in [0.29, 0.717) is 24.6 Å². The lowest BCUT2D eigenvalue weighted by atomic mass is 10.1. The van der Waals surface area contributed by atoms with Crippen LogP contribution in [0.1, 0.15) is 24.5 Å². The summed E-state index contributed by atoms with van der Waals surface area (Å²) in [6.07, 6.45) is 1.08. The number of hydrogen-bond acceptors (Lipinski definition) is 2. The van der Waals surface area contributed by atoms with Crippen molar-refractivity contribution >= 4 is 29.9 Å². The van der Waals surface area contributed by atoms with Crippen molar-refractivity contribution in [1.29, 1.82) is 0 Å². The fourth-order valence-electron chi connectivity index (χ4n) is 3.29. The molecule has 2 aromatic carbocycles. The maximum Gasteiger partial charge on any atom is 0.194 e. The fourth-order valence-corrected chi connectivity index (χ4v) is 3.29. The smallest absolute Gasteiger partial charge is 0.194 e. The van der Waals surface area contributed by atoms with Crippen LogP contribution in [0, 0.1) is 11.7 Å². The Hall–Kier alpha value is -1.67. The number of nitrogens with zero attached hydrogens (tertiary/aromatic N) is 2. The molecule has 0 spiro atoms. The predicted octanol–water partition coefficient (Wildman–Crippen LogP) is 4.45. The van der Waals surface area contributed by atoms with Gasteiger partial charge < -0.3 is 15.0 Å². The van der Waals surface area contributed by atoms with Gasteiger partial charge in [-0.05, 0) is 25.0 Å². The molecule has 1 unspecified atom stereocenters. The van der Waals surface area contributed by atoms with Crippen molar-refractivity contribution in [1.82, 2.24) is 10.2 Å². The minimum absolute atomic E-state index is 0. The summed E-state index contributed by atoms with van der Waals surface area (Å²) in [5, 5.41) is 3.33. The maximum atomic E-state index is 13.8. The molecule has 1 aliphatic heterocycles. The molecule has 3 rings (SSSR count). The Kier molecular flexibility index (Phi) is 9.70. The highest BCUT2D eigenvalue weighted by molar-refractivity contribution is 14.0. The minimum Gasteiger partial charge on any atom is -0.376 e. The summed E-state index contributed by atoms with van der Waals surface area (Å²) >= 11 is 0. The highest BCUT2D eigenvalue weighted by Gasteiger charge is 2.25. The Morgan fingerprint density at radius 3 is 2.68 bits per heavy atom. The topological polar surface area (TPSA) is 36.9 Å². The number of halogens is 2. The molecule has 4 nitrogen and oxygen atoms in total. The summed E-state index contributed by atoms with van der Waals surface area (Å²) in [5.74, 6) is 1.14. The molecule has 28 heavy (non-hydrogen) atoms. The number of hydrogen-bond donors (Lipinski definition) is 1. The van der Waals surface area contributed by atoms with Crippen LogP contribution in [-0.4, -0.2) is 37.1 Å². The van der Waals surface area contributed by atoms with Gasteiger partial charge in [0.25, 0.3) is 0 Å². The molecule has 2 aromatic rings. The average molecular weight is 497 g/mol. The van der Waals surface area contributed by atoms with Gasteiger partial charge in [-0.15, -0.1) is 24.0 Å². The van der Waals surface area contributed by atoms with E-state index in [2.05, 4.69) is 34.3 Å². The van der Waals surface area contributed by atoms with Gasteiger partial charge >= 0.3 is 0 Å². The first kappa shape index (κ1) is 22.6. The molecular formula is C22H29FIN3O. The molecule has 1 atom stereocenters. The summed E-state index contributed by atoms with van der Waals surface area (Å²) in [6.45, 7) is 6.45. The van der Waals surface area contributed by atoms with Gasteiger partial charge in [-0.2, -0.15) is 0 Å². The van der Waals surface area contributed by atoms with Crippen LogP contribution in [0.5, 0.6) is 0 Å². The Bertz CT molecular complexity index is 742. The van der Waals surface area contributed by atoms with Crippen LogP contribution in [0.4, 0.5) is 4.39 Å². The number of nitrogens with one attached hydrogen (secondary N) is 1. The van der Waals surface area contributed by atoms with E-state index in [0.717, 1.165) is 38.6 Å². The number of aliphatic imine (C=N–C) groups is 1. The quantitative estimate of drug-likeness (QED) is 0.349. The highest BCUT2D eigenvalue weighted by Crippen LogP contribution is 2.18. The van der Waals surface area contributed by atoms with E-state index in [1.54, 1.807) is 12.1 Å². The van der Waals surface area contributed by atoms with Crippen molar-refractivity contribution in [2.45, 2.75) is 26.5 Å². The van der Waals surface area contributed by atoms with Crippen LogP contribution in [0.25, 0.3) is 0 Å². The largest absolute Gasteiger partial charge is 0.376 e. The SMILES string of the molecule is CCNC(=NCc1ccccc1F)N1CCC(COCc2ccccc2)C1.I. The molecule has 1 heterocycles. The normalized spacial score (nSPS) is 16.7. The van der Waals surface area contributed by atoms with Gasteiger partial charge in [-0.3, -0.25) is 0 Å². The number of ether oxygens (including phenoxy) is 1. The average Bonchev–Trinajstić information content (AvgIpc) is 3.16. The second kappa shape index (κ2) is 12.0. The molecule has 0 amide bonds. The maximum absolute atomic E-state index is 13.8. The van der Waals surface area contributed by atoms with Crippen LogP contribution < -0.4 is 5.32 Å². The van der Waals surface area contributed by atoms with Gasteiger partial charge in [0.05, 0.1) is 19.8 Å². The van der Waals surface area contributed by atoms with E-state index in [1.807, 2.05) is 24.3 Å². The second-order valence-corrected chi connectivity index (χ2v) is 6.86. The fraction of sp³-hybridized carbons (Fsp3) is 0.409. The highest BCUT2D eigenvalue weighted by atomic mass is 127. The monoisotopic (exact) mass is 497 g/mol. The molecule has 152 valence electrons. The summed E-state index contributed by atoms with van der Waals surface area (Å²) < 4.78 is 19.7. The van der Waals surface area contributed by atoms with E-state index >= 15 is 0 Å². The summed E-state index contributed by atoms with van der Waals surface area (Å²) in [6, 6.07) is 17.1. The molecule has 0 saturated carbocycles. The molecule has 1 N–H and O–H groups in total. The van der Waals surface area contributed by atoms with Gasteiger partial charge in [0, 0.05) is 31.1 Å². The Labute approximate surface area is 184 Å². The van der Waals surface area contributed by atoms with Crippen molar-refractivity contribution < 1.29 is 9.13 Å². The van der Waals surface area contributed by atoms with Crippen LogP contribution in [0.15, 0.2) is 59.6 Å². The standard InChI is InChI=1S/C22H28FN3O.HI/c1-2-24-22(25-14-20-10-6-7-11-21(20)23)26-13-12-19(15-26)17-27-16-18-8-4-3-5-9-18;/h3-11,19H,2,12-17H2,1H3,(H,24,25);1H. The van der Waals surface area contributed by atoms with Crippen molar-refractivity contribution in [3.05, 3.63) is 71.5 Å². The third kappa shape index (κ3) is 6.74. The van der Waals surface area contributed by atoms with E-state index in [-0.39, 0.29) is 29.8 Å². The third-order valence-electron chi connectivity index (χ3n) is 4.74. The first-order chi connectivity index (χ1) is 13.3. The number of likely N-dealkylation sites (tertiary alicyclic amines) is 1. The van der Waals surface area contributed by atoms with Crippen LogP contribution >= 0.6 is 24.0 Å². The molecule has 0 aromatic heterocycles. The predicted molar refractivity (Wildman–Crippen MR) is 122 cm³/mol. The number of rotatable bonds is 7. The third-order valence-corrected chi connectivity index (χ3v) is 4.74. The van der Waals surface area contributed by atoms with E-state index < -0.39 is 0 Å². The lowest BCUT2D eigenvalue weighted by Gasteiger charge is -2.21. The zero-order valence-corrected chi connectivity index (χ0v) is 18.6. The van der Waals surface area contributed by atoms with Gasteiger partial charge in [0.15, 0.2) is 5.96 Å². The van der Waals surface area contributed by atoms with Crippen molar-refractivity contribution in [3.8, 4) is 0 Å². The molecule has 1 fully saturated rings. The van der Waals surface area contributed by atoms with Crippen LogP contribution in [0.2, 0.25) is 0 Å². The zero-order valence-electron chi connectivity index (χ0n) is 16.3. The van der Waals surface area contributed by atoms with Crippen molar-refractivity contribution in [2.75, 3.05) is 26.2 Å². The molecule has 0 aliphatic carbocycles. The second-order valence-electron chi connectivity index (χ2n) is 6.86. The van der Waals surface area contributed by atoms with Crippen LogP contribution in [-0.2, 0) is 17.9 Å². The summed E-state index contributed by atoms with van der Waals surface area (Å²) in [4.78, 5) is 6.89. The van der Waals surface area contributed by atoms with Crippen LogP contribution in [0.3, 0.4) is 0 Å². The number of guanidine groups is 1. The zero-order chi connectivity index (χ0) is 18.9. The molecular weight excluding hydrogens is 468 g/mol. The molecule has 0 radical (unpaired) electrons. The lowest BCUT2D eigenvalue weighted by molar-refractivity contribution is 0.0906. The van der Waals surface area contributed by atoms with Gasteiger partial charge in [-0.25, -0.2) is 9.38 Å². The summed E-state index contributed by atoms with van der Waals surface area (Å²) in [5.41, 5.74) is 1.82. The Balaban J connectivity index is 0.00000280. The van der Waals surface area contributed by atoms with Gasteiger partial charge in [0.2, 0.25) is 0 Å². The van der Waals surface area contributed by atoms with Crippen molar-refractivity contribution in [3.63, 3.8) is 0 Å². The van der Waals surface area contributed by atoms with Crippen molar-refractivity contribution in [2.24, 2.45) is 10.9 Å². The van der Waals surface area contributed by atoms with Gasteiger partial charge in [-0.1, -0.05) is 48.5 Å². The van der Waals surface area contributed by atoms with Gasteiger partial charge in [0.1, 0.15) is 5.82 Å². The molecule has 0 bridgehead atoms. The minimum atomic E-state index is -0.203. The lowest BCUT2D eigenvalue weighted by Crippen LogP contribution is -2.40. The van der Waals surface area contributed by atoms with E-state index in [9.17, 15) is 4.39 Å². The molecule has 6 heteroatoms. The Morgan fingerprint density at radius 2 is 1.93 bits per heavy atom. The first-order valence-electron chi connectivity index (χ1n) is 9.64. The Morgan fingerprint density at radius 1 is 1.18 bits per heavy atom. The summed E-state index contributed by atoms with van der Waals surface area (Å²) in [7, 11) is 0. The molecule has 1 saturated heterocycles. The van der Waals surface area contributed by atoms with E-state index in [4.69, 9.17) is 4.74 Å².